The highest BCUT2D eigenvalue weighted by Gasteiger charge is 2.19. The van der Waals surface area contributed by atoms with Gasteiger partial charge in [-0.1, -0.05) is 23.8 Å². The minimum absolute atomic E-state index is 0.236. The van der Waals surface area contributed by atoms with Gasteiger partial charge in [0.15, 0.2) is 6.10 Å². The molecular formula is C18H18N2O3S2. The van der Waals surface area contributed by atoms with Gasteiger partial charge in [-0.25, -0.2) is 0 Å². The van der Waals surface area contributed by atoms with Crippen LogP contribution in [0, 0.1) is 13.8 Å². The fourth-order valence-corrected chi connectivity index (χ4v) is 3.71. The van der Waals surface area contributed by atoms with E-state index in [1.165, 1.54) is 28.7 Å². The van der Waals surface area contributed by atoms with Gasteiger partial charge < -0.3 is 9.15 Å². The molecule has 130 valence electrons. The summed E-state index contributed by atoms with van der Waals surface area (Å²) < 4.78 is 11.0. The predicted octanol–water partition coefficient (Wildman–Crippen LogP) is 4.81. The Kier molecular flexibility index (Phi) is 5.55. The fourth-order valence-electron chi connectivity index (χ4n) is 2.28. The fraction of sp³-hybridized carbons (Fsp3) is 0.278. The van der Waals surface area contributed by atoms with Crippen LogP contribution in [0.25, 0.3) is 10.8 Å². The highest BCUT2D eigenvalue weighted by Crippen LogP contribution is 2.27. The van der Waals surface area contributed by atoms with Crippen molar-refractivity contribution < 1.29 is 13.9 Å². The zero-order chi connectivity index (χ0) is 17.8. The number of ether oxygens (including phenoxy) is 1. The van der Waals surface area contributed by atoms with Crippen molar-refractivity contribution in [1.29, 1.82) is 0 Å². The first-order valence-electron chi connectivity index (χ1n) is 7.79. The summed E-state index contributed by atoms with van der Waals surface area (Å²) >= 11 is 2.98. The Bertz CT molecular complexity index is 859. The molecule has 25 heavy (non-hydrogen) atoms. The molecule has 0 fully saturated rings. The van der Waals surface area contributed by atoms with Crippen LogP contribution in [0.3, 0.4) is 0 Å². The van der Waals surface area contributed by atoms with E-state index in [4.69, 9.17) is 9.15 Å². The van der Waals surface area contributed by atoms with Gasteiger partial charge in [0.05, 0.1) is 10.6 Å². The SMILES string of the molecule is Cc1ccc(SCC(=O)O[C@H](C)c2nnc(-c3cccs3)o2)c(C)c1. The number of hydrogen-bond acceptors (Lipinski definition) is 7. The summed E-state index contributed by atoms with van der Waals surface area (Å²) in [5.74, 6) is 0.666. The molecule has 0 bridgehead atoms. The molecule has 2 aromatic heterocycles. The maximum Gasteiger partial charge on any atom is 0.317 e. The number of carbonyl (C=O) groups excluding carboxylic acids is 1. The van der Waals surface area contributed by atoms with Crippen LogP contribution in [0.1, 0.15) is 30.0 Å². The first kappa shape index (κ1) is 17.7. The van der Waals surface area contributed by atoms with Gasteiger partial charge in [-0.3, -0.25) is 4.79 Å². The molecule has 7 heteroatoms. The molecule has 0 spiro atoms. The molecule has 0 aliphatic heterocycles. The molecule has 0 saturated carbocycles. The lowest BCUT2D eigenvalue weighted by Crippen LogP contribution is -2.11. The second-order valence-corrected chi connectivity index (χ2v) is 7.58. The Morgan fingerprint density at radius 3 is 2.88 bits per heavy atom. The van der Waals surface area contributed by atoms with E-state index in [2.05, 4.69) is 16.3 Å². The Morgan fingerprint density at radius 2 is 2.16 bits per heavy atom. The molecule has 5 nitrogen and oxygen atoms in total. The number of nitrogens with zero attached hydrogens (tertiary/aromatic N) is 2. The largest absolute Gasteiger partial charge is 0.452 e. The number of thiophene rings is 1. The third-order valence-electron chi connectivity index (χ3n) is 3.50. The minimum atomic E-state index is -0.576. The second kappa shape index (κ2) is 7.84. The van der Waals surface area contributed by atoms with Crippen molar-refractivity contribution in [3.63, 3.8) is 0 Å². The van der Waals surface area contributed by atoms with Crippen LogP contribution >= 0.6 is 23.1 Å². The van der Waals surface area contributed by atoms with E-state index in [1.54, 1.807) is 6.92 Å². The highest BCUT2D eigenvalue weighted by molar-refractivity contribution is 8.00. The van der Waals surface area contributed by atoms with Gasteiger partial charge in [0.1, 0.15) is 0 Å². The second-order valence-electron chi connectivity index (χ2n) is 5.61. The summed E-state index contributed by atoms with van der Waals surface area (Å²) in [4.78, 5) is 14.1. The zero-order valence-electron chi connectivity index (χ0n) is 14.2. The Morgan fingerprint density at radius 1 is 1.32 bits per heavy atom. The van der Waals surface area contributed by atoms with Crippen LogP contribution in [-0.4, -0.2) is 21.9 Å². The molecule has 0 amide bonds. The van der Waals surface area contributed by atoms with Gasteiger partial charge in [-0.15, -0.1) is 33.3 Å². The average Bonchev–Trinajstić information content (AvgIpc) is 3.25. The summed E-state index contributed by atoms with van der Waals surface area (Å²) in [6.07, 6.45) is -0.576. The van der Waals surface area contributed by atoms with E-state index in [0.29, 0.717) is 11.8 Å². The molecule has 1 atom stereocenters. The van der Waals surface area contributed by atoms with Crippen LogP contribution in [0.4, 0.5) is 0 Å². The Hall–Kier alpha value is -2.12. The monoisotopic (exact) mass is 374 g/mol. The van der Waals surface area contributed by atoms with Crippen LogP contribution in [-0.2, 0) is 9.53 Å². The number of aromatic nitrogens is 2. The number of benzene rings is 1. The molecular weight excluding hydrogens is 356 g/mol. The Balaban J connectivity index is 1.55. The van der Waals surface area contributed by atoms with Crippen molar-refractivity contribution in [2.45, 2.75) is 31.8 Å². The zero-order valence-corrected chi connectivity index (χ0v) is 15.8. The van der Waals surface area contributed by atoms with Crippen LogP contribution in [0.2, 0.25) is 0 Å². The van der Waals surface area contributed by atoms with Gasteiger partial charge in [0, 0.05) is 4.90 Å². The molecule has 0 radical (unpaired) electrons. The van der Waals surface area contributed by atoms with Crippen LogP contribution in [0.5, 0.6) is 0 Å². The first-order valence-corrected chi connectivity index (χ1v) is 9.66. The van der Waals surface area contributed by atoms with E-state index in [0.717, 1.165) is 15.3 Å². The number of hydrogen-bond donors (Lipinski definition) is 0. The van der Waals surface area contributed by atoms with Crippen molar-refractivity contribution in [2.75, 3.05) is 5.75 Å². The molecule has 0 unspecified atom stereocenters. The minimum Gasteiger partial charge on any atom is -0.452 e. The number of rotatable bonds is 6. The molecule has 3 aromatic rings. The smallest absolute Gasteiger partial charge is 0.317 e. The van der Waals surface area contributed by atoms with E-state index >= 15 is 0 Å². The van der Waals surface area contributed by atoms with Crippen molar-refractivity contribution in [3.8, 4) is 10.8 Å². The summed E-state index contributed by atoms with van der Waals surface area (Å²) in [5, 5.41) is 9.91. The number of esters is 1. The van der Waals surface area contributed by atoms with Gasteiger partial charge in [-0.2, -0.15) is 0 Å². The predicted molar refractivity (Wildman–Crippen MR) is 98.8 cm³/mol. The first-order chi connectivity index (χ1) is 12.0. The van der Waals surface area contributed by atoms with Crippen molar-refractivity contribution >= 4 is 29.1 Å². The van der Waals surface area contributed by atoms with E-state index < -0.39 is 6.10 Å². The van der Waals surface area contributed by atoms with Crippen LogP contribution in [0.15, 0.2) is 45.0 Å². The van der Waals surface area contributed by atoms with Crippen molar-refractivity contribution in [2.24, 2.45) is 0 Å². The van der Waals surface area contributed by atoms with E-state index in [1.807, 2.05) is 43.5 Å². The highest BCUT2D eigenvalue weighted by atomic mass is 32.2. The lowest BCUT2D eigenvalue weighted by molar-refractivity contribution is -0.146. The van der Waals surface area contributed by atoms with Gasteiger partial charge >= 0.3 is 5.97 Å². The number of aryl methyl sites for hydroxylation is 2. The molecule has 0 aliphatic carbocycles. The summed E-state index contributed by atoms with van der Waals surface area (Å²) in [7, 11) is 0. The molecule has 2 heterocycles. The van der Waals surface area contributed by atoms with E-state index in [-0.39, 0.29) is 11.7 Å². The lowest BCUT2D eigenvalue weighted by Gasteiger charge is -2.10. The third-order valence-corrected chi connectivity index (χ3v) is 5.51. The van der Waals surface area contributed by atoms with Gasteiger partial charge in [0.2, 0.25) is 0 Å². The van der Waals surface area contributed by atoms with Gasteiger partial charge in [-0.05, 0) is 43.8 Å². The normalized spacial score (nSPS) is 12.1. The molecule has 3 rings (SSSR count). The average molecular weight is 374 g/mol. The number of carbonyl (C=O) groups is 1. The molecule has 1 aromatic carbocycles. The lowest BCUT2D eigenvalue weighted by atomic mass is 10.2. The van der Waals surface area contributed by atoms with Crippen LogP contribution < -0.4 is 0 Å². The van der Waals surface area contributed by atoms with Crippen molar-refractivity contribution in [1.82, 2.24) is 10.2 Å². The summed E-state index contributed by atoms with van der Waals surface area (Å²) in [6, 6.07) is 9.98. The maximum absolute atomic E-state index is 12.1. The molecule has 0 N–H and O–H groups in total. The number of thioether (sulfide) groups is 1. The molecule has 0 aliphatic rings. The van der Waals surface area contributed by atoms with Crippen molar-refractivity contribution in [3.05, 3.63) is 52.7 Å². The summed E-state index contributed by atoms with van der Waals surface area (Å²) in [6.45, 7) is 5.81. The van der Waals surface area contributed by atoms with E-state index in [9.17, 15) is 4.79 Å². The Labute approximate surface area is 154 Å². The quantitative estimate of drug-likeness (QED) is 0.456. The third kappa shape index (κ3) is 4.49. The maximum atomic E-state index is 12.1. The standard InChI is InChI=1S/C18H18N2O3S2/c1-11-6-7-14(12(2)9-11)25-10-16(21)22-13(3)17-19-20-18(23-17)15-5-4-8-24-15/h4-9,13H,10H2,1-3H3/t13-/m1/s1. The molecule has 0 saturated heterocycles. The summed E-state index contributed by atoms with van der Waals surface area (Å²) in [5.41, 5.74) is 2.36. The topological polar surface area (TPSA) is 65.2 Å². The van der Waals surface area contributed by atoms with Gasteiger partial charge in [0.25, 0.3) is 11.8 Å².